The van der Waals surface area contributed by atoms with E-state index in [0.29, 0.717) is 0 Å². The summed E-state index contributed by atoms with van der Waals surface area (Å²) in [6, 6.07) is 13.1. The molecular weight excluding hydrogens is 1000 g/mol. The van der Waals surface area contributed by atoms with Gasteiger partial charge in [-0.25, -0.2) is 9.36 Å². The first-order valence-corrected chi connectivity index (χ1v) is 22.7. The van der Waals surface area contributed by atoms with E-state index in [1.54, 1.807) is 0 Å². The average molecular weight is 1030 g/mol. The maximum absolute atomic E-state index is 12.6. The van der Waals surface area contributed by atoms with E-state index < -0.39 is 78.9 Å². The number of halogens is 2. The fourth-order valence-electron chi connectivity index (χ4n) is 5.03. The van der Waals surface area contributed by atoms with Gasteiger partial charge in [-0.1, -0.05) is 29.0 Å². The van der Waals surface area contributed by atoms with Gasteiger partial charge in [0.2, 0.25) is 0 Å². The first-order chi connectivity index (χ1) is 28.6. The van der Waals surface area contributed by atoms with Crippen molar-refractivity contribution in [3.8, 4) is 28.8 Å². The Hall–Kier alpha value is -5.55. The Kier molecular flexibility index (Phi) is 14.8. The van der Waals surface area contributed by atoms with Crippen molar-refractivity contribution in [3.63, 3.8) is 0 Å². The van der Waals surface area contributed by atoms with Gasteiger partial charge in [0.15, 0.2) is 16.3 Å². The standard InChI is InChI=1S/2C16H13ClN4O8S2.Cr/c2*1-8-14(19-18-12-6-9(17)7-13(15(12)22)31(27,28)29)16(23)21(20-8)10-2-4-11(5-3-10)30(24,25)26;/h2-7,22-23H,1H3,(H,24,25,26)(H,27,28,29);2-7,20,22H,1H3,(H,24,25,26)(H,27,28,29);/q;;+3/p-1. The molecule has 0 aliphatic heterocycles. The maximum atomic E-state index is 12.6. The second kappa shape index (κ2) is 18.7. The van der Waals surface area contributed by atoms with E-state index in [9.17, 15) is 53.2 Å². The first-order valence-electron chi connectivity index (χ1n) is 16.2. The smallest absolute Gasteiger partial charge is 0.870 e. The van der Waals surface area contributed by atoms with Crippen LogP contribution in [0.1, 0.15) is 11.4 Å². The third kappa shape index (κ3) is 11.5. The number of nitrogens with one attached hydrogen (secondary N) is 1. The summed E-state index contributed by atoms with van der Waals surface area (Å²) in [6.45, 7) is 2.92. The molecule has 0 atom stereocenters. The number of rotatable bonds is 10. The number of hydrogen-bond acceptors (Lipinski definition) is 16. The Morgan fingerprint density at radius 1 is 0.651 bits per heavy atom. The Labute approximate surface area is 375 Å². The molecule has 0 fully saturated rings. The molecule has 24 nitrogen and oxygen atoms in total. The molecule has 0 spiro atoms. The fraction of sp³-hybridized carbons (Fsp3) is 0.0625. The molecule has 31 heteroatoms. The fourth-order valence-corrected chi connectivity index (χ4v) is 7.80. The van der Waals surface area contributed by atoms with Crippen molar-refractivity contribution in [3.05, 3.63) is 105 Å². The van der Waals surface area contributed by atoms with E-state index in [4.69, 9.17) is 42.0 Å². The molecule has 331 valence electrons. The minimum absolute atomic E-state index is 0. The maximum Gasteiger partial charge on any atom is 3.00 e. The number of hydrogen-bond donors (Lipinski definition) is 5. The summed E-state index contributed by atoms with van der Waals surface area (Å²) in [6.07, 6.45) is 0. The molecule has 6 aromatic rings. The van der Waals surface area contributed by atoms with Gasteiger partial charge in [-0.2, -0.15) is 43.9 Å². The minimum Gasteiger partial charge on any atom is -0.870 e. The first kappa shape index (κ1) is 50.1. The Morgan fingerprint density at radius 3 is 1.59 bits per heavy atom. The van der Waals surface area contributed by atoms with E-state index in [1.165, 1.54) is 38.1 Å². The quantitative estimate of drug-likeness (QED) is 0.0723. The molecule has 6 rings (SSSR count). The molecule has 0 amide bonds. The van der Waals surface area contributed by atoms with Gasteiger partial charge < -0.3 is 15.3 Å². The number of aryl methyl sites for hydroxylation is 2. The van der Waals surface area contributed by atoms with Crippen LogP contribution in [0.25, 0.3) is 11.4 Å². The van der Waals surface area contributed by atoms with Crippen LogP contribution in [-0.4, -0.2) is 76.5 Å². The van der Waals surface area contributed by atoms with Crippen LogP contribution in [-0.2, 0) is 57.8 Å². The summed E-state index contributed by atoms with van der Waals surface area (Å²) in [7, 11) is -18.4. The van der Waals surface area contributed by atoms with Crippen molar-refractivity contribution in [2.45, 2.75) is 33.4 Å². The van der Waals surface area contributed by atoms with Crippen LogP contribution in [0, 0.1) is 13.8 Å². The van der Waals surface area contributed by atoms with Crippen molar-refractivity contribution in [2.75, 3.05) is 0 Å². The van der Waals surface area contributed by atoms with Crippen LogP contribution in [0.4, 0.5) is 22.7 Å². The largest absolute Gasteiger partial charge is 3.00 e. The van der Waals surface area contributed by atoms with Crippen LogP contribution in [0.2, 0.25) is 10.0 Å². The number of aromatic amines is 1. The Balaban J connectivity index is 0.000000272. The van der Waals surface area contributed by atoms with Gasteiger partial charge >= 0.3 is 33.2 Å². The number of azo groups is 2. The summed E-state index contributed by atoms with van der Waals surface area (Å²) < 4.78 is 128. The predicted octanol–water partition coefficient (Wildman–Crippen LogP) is 4.36. The predicted molar refractivity (Wildman–Crippen MR) is 212 cm³/mol. The molecule has 4 aromatic carbocycles. The molecule has 7 N–H and O–H groups in total. The molecule has 2 heterocycles. The molecule has 63 heavy (non-hydrogen) atoms. The number of nitrogens with zero attached hydrogens (tertiary/aromatic N) is 7. The van der Waals surface area contributed by atoms with Gasteiger partial charge in [0.25, 0.3) is 35.9 Å². The van der Waals surface area contributed by atoms with E-state index in [-0.39, 0.29) is 77.0 Å². The van der Waals surface area contributed by atoms with E-state index >= 15 is 0 Å². The summed E-state index contributed by atoms with van der Waals surface area (Å²) >= 11 is 11.6. The monoisotopic (exact) mass is 1030 g/mol. The molecule has 0 bridgehead atoms. The SMILES string of the molecule is Cc1[nH]n(-c2ccc(S(=O)(=O)O)cc2)c(=O)c1N=Nc1cc(Cl)cc(S(=O)(=O)O)c1[O-].Cc1nn(-c2ccc(S(=O)(=O)O)cc2)c([O-])c1N=Nc1cc(Cl)cc(S(=O)(=O)O)c1[OH2+].[Cr+3]. The minimum atomic E-state index is -4.86. The molecule has 0 aliphatic carbocycles. The average Bonchev–Trinajstić information content (AvgIpc) is 3.62. The summed E-state index contributed by atoms with van der Waals surface area (Å²) in [5, 5.41) is 53.8. The Bertz CT molecular complexity index is 3340. The summed E-state index contributed by atoms with van der Waals surface area (Å²) in [5.41, 5.74) is -1.27. The van der Waals surface area contributed by atoms with Crippen LogP contribution < -0.4 is 15.8 Å². The van der Waals surface area contributed by atoms with Gasteiger partial charge in [-0.05, 0) is 86.6 Å². The molecule has 0 unspecified atom stereocenters. The second-order valence-corrected chi connectivity index (χ2v) is 18.7. The van der Waals surface area contributed by atoms with E-state index in [1.807, 2.05) is 0 Å². The van der Waals surface area contributed by atoms with E-state index in [2.05, 4.69) is 30.7 Å². The Morgan fingerprint density at radius 2 is 1.10 bits per heavy atom. The van der Waals surface area contributed by atoms with Crippen LogP contribution in [0.3, 0.4) is 0 Å². The molecule has 2 aromatic heterocycles. The van der Waals surface area contributed by atoms with Gasteiger partial charge in [0, 0.05) is 15.9 Å². The van der Waals surface area contributed by atoms with Crippen LogP contribution >= 0.6 is 23.2 Å². The van der Waals surface area contributed by atoms with E-state index in [0.717, 1.165) is 57.9 Å². The number of H-pyrrole nitrogens is 1. The van der Waals surface area contributed by atoms with Crippen LogP contribution in [0.15, 0.2) is 118 Å². The third-order valence-corrected chi connectivity index (χ3v) is 11.8. The molecule has 0 aliphatic rings. The molecule has 0 saturated carbocycles. The zero-order valence-electron chi connectivity index (χ0n) is 31.1. The molecule has 1 radical (unpaired) electrons. The third-order valence-electron chi connectivity index (χ3n) is 7.92. The van der Waals surface area contributed by atoms with Crippen molar-refractivity contribution >= 4 is 86.4 Å². The van der Waals surface area contributed by atoms with Gasteiger partial charge in [0.05, 0.1) is 43.1 Å². The van der Waals surface area contributed by atoms with Crippen molar-refractivity contribution in [1.29, 1.82) is 0 Å². The number of benzene rings is 4. The van der Waals surface area contributed by atoms with Crippen LogP contribution in [0.5, 0.6) is 17.4 Å². The van der Waals surface area contributed by atoms with Gasteiger partial charge in [-0.3, -0.25) is 28.1 Å². The molecule has 0 saturated heterocycles. The second-order valence-electron chi connectivity index (χ2n) is 12.2. The van der Waals surface area contributed by atoms with Crippen molar-refractivity contribution < 1.29 is 84.6 Å². The van der Waals surface area contributed by atoms with Crippen molar-refractivity contribution in [2.24, 2.45) is 20.5 Å². The zero-order chi connectivity index (χ0) is 46.3. The zero-order valence-corrected chi connectivity index (χ0v) is 37.2. The van der Waals surface area contributed by atoms with Gasteiger partial charge in [0.1, 0.15) is 5.69 Å². The summed E-state index contributed by atoms with van der Waals surface area (Å²) in [5.74, 6) is -2.57. The van der Waals surface area contributed by atoms with Crippen molar-refractivity contribution in [1.82, 2.24) is 19.6 Å². The van der Waals surface area contributed by atoms with Gasteiger partial charge in [-0.15, -0.1) is 15.3 Å². The topological polar surface area (TPSA) is 392 Å². The summed E-state index contributed by atoms with van der Waals surface area (Å²) in [4.78, 5) is 10.1. The number of aromatic nitrogens is 4. The molecular formula is C32H25Cl2CrN8O16S4+2. The normalized spacial score (nSPS) is 12.3.